The molecule has 3 fully saturated rings. The van der Waals surface area contributed by atoms with Gasteiger partial charge in [-0.25, -0.2) is 4.84 Å². The van der Waals surface area contributed by atoms with Gasteiger partial charge in [0.2, 0.25) is 0 Å². The molecule has 178 valence electrons. The molecule has 5 rings (SSSR count). The maximum absolute atomic E-state index is 13.6. The van der Waals surface area contributed by atoms with E-state index in [1.807, 2.05) is 18.2 Å². The van der Waals surface area contributed by atoms with Gasteiger partial charge in [0, 0.05) is 31.7 Å². The maximum atomic E-state index is 13.6. The summed E-state index contributed by atoms with van der Waals surface area (Å²) in [7, 11) is 1.63. The largest absolute Gasteiger partial charge is 0.493 e. The van der Waals surface area contributed by atoms with E-state index in [0.29, 0.717) is 43.4 Å². The van der Waals surface area contributed by atoms with Gasteiger partial charge in [0.05, 0.1) is 18.9 Å². The Morgan fingerprint density at radius 3 is 2.12 bits per heavy atom. The zero-order valence-corrected chi connectivity index (χ0v) is 19.3. The SMILES string of the molecule is COc1ccc(C2=CC(C(=O)N3CCCC3)(C(=O)N3CCCC3)ON2)cc1OC1CCCC1. The van der Waals surface area contributed by atoms with Crippen molar-refractivity contribution in [2.24, 2.45) is 0 Å². The lowest BCUT2D eigenvalue weighted by Gasteiger charge is -2.31. The molecule has 4 aliphatic rings. The second-order valence-corrected chi connectivity index (χ2v) is 9.39. The Labute approximate surface area is 194 Å². The molecule has 0 atom stereocenters. The van der Waals surface area contributed by atoms with E-state index < -0.39 is 5.60 Å². The molecule has 2 saturated heterocycles. The number of hydrogen-bond donors (Lipinski definition) is 1. The lowest BCUT2D eigenvalue weighted by molar-refractivity contribution is -0.169. The summed E-state index contributed by atoms with van der Waals surface area (Å²) in [4.78, 5) is 36.5. The van der Waals surface area contributed by atoms with E-state index in [2.05, 4.69) is 5.48 Å². The normalized spacial score (nSPS) is 22.4. The van der Waals surface area contributed by atoms with Crippen molar-refractivity contribution in [3.8, 4) is 11.5 Å². The topological polar surface area (TPSA) is 80.3 Å². The van der Waals surface area contributed by atoms with Crippen LogP contribution in [0.5, 0.6) is 11.5 Å². The number of carbonyl (C=O) groups is 2. The first-order valence-electron chi connectivity index (χ1n) is 12.2. The van der Waals surface area contributed by atoms with Crippen LogP contribution >= 0.6 is 0 Å². The predicted molar refractivity (Wildman–Crippen MR) is 122 cm³/mol. The van der Waals surface area contributed by atoms with Crippen LogP contribution in [-0.4, -0.2) is 66.6 Å². The molecule has 0 radical (unpaired) electrons. The zero-order valence-electron chi connectivity index (χ0n) is 19.3. The average molecular weight is 456 g/mol. The minimum atomic E-state index is -1.67. The molecule has 0 aromatic heterocycles. The van der Waals surface area contributed by atoms with Crippen molar-refractivity contribution in [2.75, 3.05) is 33.3 Å². The Kier molecular flexibility index (Phi) is 6.19. The second kappa shape index (κ2) is 9.25. The highest BCUT2D eigenvalue weighted by atomic mass is 16.7. The van der Waals surface area contributed by atoms with Crippen LogP contribution in [0.15, 0.2) is 24.3 Å². The number of hydrogen-bond acceptors (Lipinski definition) is 6. The number of hydroxylamine groups is 1. The molecule has 33 heavy (non-hydrogen) atoms. The van der Waals surface area contributed by atoms with E-state index in [1.54, 1.807) is 23.0 Å². The number of benzene rings is 1. The maximum Gasteiger partial charge on any atom is 0.272 e. The molecule has 2 amide bonds. The Morgan fingerprint density at radius 2 is 1.55 bits per heavy atom. The number of carbonyl (C=O) groups excluding carboxylic acids is 2. The van der Waals surface area contributed by atoms with Crippen LogP contribution in [0.4, 0.5) is 0 Å². The van der Waals surface area contributed by atoms with Gasteiger partial charge in [-0.05, 0) is 75.6 Å². The molecule has 1 aromatic carbocycles. The number of nitrogens with one attached hydrogen (secondary N) is 1. The third kappa shape index (κ3) is 4.16. The molecular formula is C25H33N3O5. The van der Waals surface area contributed by atoms with Crippen LogP contribution in [-0.2, 0) is 14.4 Å². The lowest BCUT2D eigenvalue weighted by Crippen LogP contribution is -2.58. The van der Waals surface area contributed by atoms with E-state index >= 15 is 0 Å². The molecule has 0 bridgehead atoms. The monoisotopic (exact) mass is 455 g/mol. The molecule has 1 aromatic rings. The first-order valence-corrected chi connectivity index (χ1v) is 12.2. The summed E-state index contributed by atoms with van der Waals surface area (Å²) < 4.78 is 11.7. The minimum absolute atomic E-state index is 0.184. The summed E-state index contributed by atoms with van der Waals surface area (Å²) in [5.74, 6) is 0.766. The number of amides is 2. The summed E-state index contributed by atoms with van der Waals surface area (Å²) in [5.41, 5.74) is 2.61. The van der Waals surface area contributed by atoms with Gasteiger partial charge in [-0.2, -0.15) is 0 Å². The molecule has 3 heterocycles. The average Bonchev–Trinajstić information content (AvgIpc) is 3.65. The first kappa shape index (κ1) is 22.1. The van der Waals surface area contributed by atoms with Crippen molar-refractivity contribution in [1.29, 1.82) is 0 Å². The van der Waals surface area contributed by atoms with Crippen molar-refractivity contribution < 1.29 is 23.9 Å². The van der Waals surface area contributed by atoms with Crippen molar-refractivity contribution in [3.63, 3.8) is 0 Å². The fourth-order valence-corrected chi connectivity index (χ4v) is 5.27. The fourth-order valence-electron chi connectivity index (χ4n) is 5.27. The molecule has 0 spiro atoms. The van der Waals surface area contributed by atoms with Crippen molar-refractivity contribution in [1.82, 2.24) is 15.3 Å². The third-order valence-electron chi connectivity index (χ3n) is 7.16. The van der Waals surface area contributed by atoms with E-state index in [4.69, 9.17) is 14.3 Å². The summed E-state index contributed by atoms with van der Waals surface area (Å²) >= 11 is 0. The summed E-state index contributed by atoms with van der Waals surface area (Å²) in [6.07, 6.45) is 10.1. The van der Waals surface area contributed by atoms with E-state index in [0.717, 1.165) is 44.1 Å². The van der Waals surface area contributed by atoms with Gasteiger partial charge in [0.1, 0.15) is 0 Å². The second-order valence-electron chi connectivity index (χ2n) is 9.39. The van der Waals surface area contributed by atoms with Gasteiger partial charge < -0.3 is 19.3 Å². The van der Waals surface area contributed by atoms with E-state index in [9.17, 15) is 9.59 Å². The van der Waals surface area contributed by atoms with Crippen LogP contribution in [0.2, 0.25) is 0 Å². The highest BCUT2D eigenvalue weighted by Gasteiger charge is 2.54. The summed E-state index contributed by atoms with van der Waals surface area (Å²) in [6.45, 7) is 2.62. The van der Waals surface area contributed by atoms with Crippen molar-refractivity contribution in [3.05, 3.63) is 29.8 Å². The molecule has 1 N–H and O–H groups in total. The number of methoxy groups -OCH3 is 1. The van der Waals surface area contributed by atoms with Crippen LogP contribution in [0.1, 0.15) is 56.9 Å². The highest BCUT2D eigenvalue weighted by molar-refractivity contribution is 6.12. The smallest absolute Gasteiger partial charge is 0.272 e. The number of ether oxygens (including phenoxy) is 2. The third-order valence-corrected chi connectivity index (χ3v) is 7.16. The summed E-state index contributed by atoms with van der Waals surface area (Å²) in [5, 5.41) is 0. The lowest BCUT2D eigenvalue weighted by atomic mass is 9.97. The van der Waals surface area contributed by atoms with Gasteiger partial charge in [0.25, 0.3) is 17.4 Å². The number of likely N-dealkylation sites (tertiary alicyclic amines) is 2. The molecule has 8 nitrogen and oxygen atoms in total. The fraction of sp³-hybridized carbons (Fsp3) is 0.600. The van der Waals surface area contributed by atoms with E-state index in [1.165, 1.54) is 12.8 Å². The van der Waals surface area contributed by atoms with Crippen LogP contribution < -0.4 is 15.0 Å². The van der Waals surface area contributed by atoms with Gasteiger partial charge in [-0.3, -0.25) is 15.1 Å². The van der Waals surface area contributed by atoms with Gasteiger partial charge in [0.15, 0.2) is 11.5 Å². The molecular weight excluding hydrogens is 422 g/mol. The molecule has 1 saturated carbocycles. The molecule has 3 aliphatic heterocycles. The van der Waals surface area contributed by atoms with Crippen LogP contribution in [0.25, 0.3) is 5.70 Å². The van der Waals surface area contributed by atoms with Gasteiger partial charge in [-0.15, -0.1) is 0 Å². The molecule has 1 aliphatic carbocycles. The van der Waals surface area contributed by atoms with Crippen molar-refractivity contribution >= 4 is 17.5 Å². The Bertz CT molecular complexity index is 900. The zero-order chi connectivity index (χ0) is 22.8. The first-order chi connectivity index (χ1) is 16.1. The summed E-state index contributed by atoms with van der Waals surface area (Å²) in [6, 6.07) is 5.64. The number of nitrogens with zero attached hydrogens (tertiary/aromatic N) is 2. The predicted octanol–water partition coefficient (Wildman–Crippen LogP) is 2.88. The number of rotatable bonds is 6. The Balaban J connectivity index is 1.47. The van der Waals surface area contributed by atoms with Crippen LogP contribution in [0.3, 0.4) is 0 Å². The van der Waals surface area contributed by atoms with Crippen LogP contribution in [0, 0.1) is 0 Å². The van der Waals surface area contributed by atoms with Crippen molar-refractivity contribution in [2.45, 2.75) is 63.1 Å². The van der Waals surface area contributed by atoms with Gasteiger partial charge in [-0.1, -0.05) is 0 Å². The highest BCUT2D eigenvalue weighted by Crippen LogP contribution is 2.37. The van der Waals surface area contributed by atoms with E-state index in [-0.39, 0.29) is 17.9 Å². The van der Waals surface area contributed by atoms with Gasteiger partial charge >= 0.3 is 0 Å². The minimum Gasteiger partial charge on any atom is -0.493 e. The Hall–Kier alpha value is -2.74. The molecule has 8 heteroatoms. The molecule has 0 unspecified atom stereocenters. The quantitative estimate of drug-likeness (QED) is 0.665. The standard InChI is InChI=1S/C25H33N3O5/c1-31-21-11-10-18(16-22(21)32-19-8-2-3-9-19)20-17-25(33-26-20,23(29)27-12-4-5-13-27)24(30)28-14-6-7-15-28/h10-11,16-17,19,26H,2-9,12-15H2,1H3. The Morgan fingerprint density at radius 1 is 0.939 bits per heavy atom.